The summed E-state index contributed by atoms with van der Waals surface area (Å²) in [6, 6.07) is 7.42. The van der Waals surface area contributed by atoms with Crippen molar-refractivity contribution in [2.45, 2.75) is 45.6 Å². The minimum absolute atomic E-state index is 0.0119. The Labute approximate surface area is 125 Å². The van der Waals surface area contributed by atoms with Crippen molar-refractivity contribution in [3.05, 3.63) is 35.4 Å². The van der Waals surface area contributed by atoms with Crippen LogP contribution in [0.5, 0.6) is 0 Å². The van der Waals surface area contributed by atoms with Crippen LogP contribution in [-0.4, -0.2) is 16.9 Å². The maximum absolute atomic E-state index is 12.2. The second-order valence-electron chi connectivity index (χ2n) is 6.37. The zero-order valence-electron chi connectivity index (χ0n) is 12.1. The number of nitrogens with two attached hydrogens (primary N) is 1. The average molecular weight is 290 g/mol. The lowest BCUT2D eigenvalue weighted by Crippen LogP contribution is -2.40. The quantitative estimate of drug-likeness (QED) is 0.841. The van der Waals surface area contributed by atoms with Crippen LogP contribution in [0.25, 0.3) is 0 Å². The fourth-order valence-corrected chi connectivity index (χ4v) is 3.01. The summed E-state index contributed by atoms with van der Waals surface area (Å²) in [6.07, 6.45) is 4.53. The number of carbonyl (C=O) groups excluding carboxylic acids is 1. The van der Waals surface area contributed by atoms with Crippen molar-refractivity contribution in [1.82, 2.24) is 5.32 Å². The minimum Gasteiger partial charge on any atom is -0.389 e. The van der Waals surface area contributed by atoms with Gasteiger partial charge < -0.3 is 11.1 Å². The summed E-state index contributed by atoms with van der Waals surface area (Å²) >= 11 is 4.90. The molecule has 20 heavy (non-hydrogen) atoms. The van der Waals surface area contributed by atoms with Crippen LogP contribution in [-0.2, 0) is 0 Å². The van der Waals surface area contributed by atoms with Crippen LogP contribution < -0.4 is 11.1 Å². The van der Waals surface area contributed by atoms with Crippen molar-refractivity contribution < 1.29 is 4.79 Å². The highest BCUT2D eigenvalue weighted by Gasteiger charge is 2.28. The molecular weight excluding hydrogens is 268 g/mol. The first-order valence-corrected chi connectivity index (χ1v) is 7.49. The van der Waals surface area contributed by atoms with E-state index in [4.69, 9.17) is 18.0 Å². The minimum atomic E-state index is -0.0119. The topological polar surface area (TPSA) is 55.1 Å². The molecule has 0 saturated heterocycles. The lowest BCUT2D eigenvalue weighted by Gasteiger charge is -2.35. The second-order valence-corrected chi connectivity index (χ2v) is 6.81. The third kappa shape index (κ3) is 3.79. The standard InChI is InChI=1S/C16H22N2OS/c1-16(2)9-3-4-13(10-16)18-15(19)12-7-5-11(6-8-12)14(17)20/h5-8,13H,3-4,9-10H2,1-2H3,(H2,17,20)(H,18,19). The van der Waals surface area contributed by atoms with Gasteiger partial charge in [0.25, 0.3) is 5.91 Å². The molecule has 3 N–H and O–H groups in total. The van der Waals surface area contributed by atoms with Crippen molar-refractivity contribution in [3.8, 4) is 0 Å². The Bertz CT molecular complexity index is 508. The van der Waals surface area contributed by atoms with Gasteiger partial charge in [-0.15, -0.1) is 0 Å². The van der Waals surface area contributed by atoms with Gasteiger partial charge in [-0.1, -0.05) is 44.6 Å². The molecule has 0 bridgehead atoms. The fraction of sp³-hybridized carbons (Fsp3) is 0.500. The predicted molar refractivity (Wildman–Crippen MR) is 85.8 cm³/mol. The number of hydrogen-bond acceptors (Lipinski definition) is 2. The third-order valence-corrected chi connectivity index (χ3v) is 4.21. The first kappa shape index (κ1) is 15.0. The summed E-state index contributed by atoms with van der Waals surface area (Å²) in [5.74, 6) is -0.0119. The van der Waals surface area contributed by atoms with Crippen LogP contribution in [0.3, 0.4) is 0 Å². The smallest absolute Gasteiger partial charge is 0.251 e. The molecule has 1 aromatic carbocycles. The second kappa shape index (κ2) is 5.92. The van der Waals surface area contributed by atoms with E-state index in [0.717, 1.165) is 18.4 Å². The molecular formula is C16H22N2OS. The van der Waals surface area contributed by atoms with E-state index in [1.807, 2.05) is 0 Å². The fourth-order valence-electron chi connectivity index (χ4n) is 2.88. The lowest BCUT2D eigenvalue weighted by molar-refractivity contribution is 0.0902. The van der Waals surface area contributed by atoms with Gasteiger partial charge in [-0.05, 0) is 36.8 Å². The Kier molecular flexibility index (Phi) is 4.43. The number of carbonyl (C=O) groups is 1. The molecule has 1 aliphatic carbocycles. The zero-order chi connectivity index (χ0) is 14.8. The van der Waals surface area contributed by atoms with Gasteiger partial charge in [0, 0.05) is 17.2 Å². The first-order chi connectivity index (χ1) is 9.37. The van der Waals surface area contributed by atoms with E-state index in [1.54, 1.807) is 24.3 Å². The van der Waals surface area contributed by atoms with Crippen molar-refractivity contribution in [1.29, 1.82) is 0 Å². The van der Waals surface area contributed by atoms with Gasteiger partial charge >= 0.3 is 0 Å². The number of benzene rings is 1. The number of hydrogen-bond donors (Lipinski definition) is 2. The lowest BCUT2D eigenvalue weighted by atomic mass is 9.75. The zero-order valence-corrected chi connectivity index (χ0v) is 12.9. The highest BCUT2D eigenvalue weighted by Crippen LogP contribution is 2.35. The largest absolute Gasteiger partial charge is 0.389 e. The van der Waals surface area contributed by atoms with Crippen LogP contribution in [0.4, 0.5) is 0 Å². The van der Waals surface area contributed by atoms with E-state index in [9.17, 15) is 4.79 Å². The van der Waals surface area contributed by atoms with Gasteiger partial charge in [-0.2, -0.15) is 0 Å². The van der Waals surface area contributed by atoms with E-state index < -0.39 is 0 Å². The van der Waals surface area contributed by atoms with Crippen LogP contribution in [0.15, 0.2) is 24.3 Å². The normalized spacial score (nSPS) is 21.2. The molecule has 0 heterocycles. The molecule has 3 nitrogen and oxygen atoms in total. The van der Waals surface area contributed by atoms with Crippen molar-refractivity contribution in [2.75, 3.05) is 0 Å². The molecule has 0 aliphatic heterocycles. The summed E-state index contributed by atoms with van der Waals surface area (Å²) in [5, 5.41) is 3.14. The van der Waals surface area contributed by atoms with Gasteiger partial charge in [0.2, 0.25) is 0 Å². The van der Waals surface area contributed by atoms with Gasteiger partial charge in [0.15, 0.2) is 0 Å². The first-order valence-electron chi connectivity index (χ1n) is 7.08. The Balaban J connectivity index is 1.99. The monoisotopic (exact) mass is 290 g/mol. The molecule has 1 amide bonds. The average Bonchev–Trinajstić information content (AvgIpc) is 2.37. The maximum atomic E-state index is 12.2. The van der Waals surface area contributed by atoms with E-state index in [0.29, 0.717) is 16.0 Å². The Morgan fingerprint density at radius 2 is 1.90 bits per heavy atom. The highest BCUT2D eigenvalue weighted by molar-refractivity contribution is 7.80. The van der Waals surface area contributed by atoms with Crippen LogP contribution in [0.1, 0.15) is 55.5 Å². The van der Waals surface area contributed by atoms with Crippen LogP contribution in [0, 0.1) is 5.41 Å². The van der Waals surface area contributed by atoms with E-state index in [1.165, 1.54) is 12.8 Å². The summed E-state index contributed by atoms with van der Waals surface area (Å²) in [7, 11) is 0. The van der Waals surface area contributed by atoms with Gasteiger partial charge in [-0.25, -0.2) is 0 Å². The maximum Gasteiger partial charge on any atom is 0.251 e. The number of rotatable bonds is 3. The highest BCUT2D eigenvalue weighted by atomic mass is 32.1. The number of thiocarbonyl (C=S) groups is 1. The SMILES string of the molecule is CC1(C)CCCC(NC(=O)c2ccc(C(N)=S)cc2)C1. The van der Waals surface area contributed by atoms with E-state index in [2.05, 4.69) is 19.2 Å². The molecule has 1 atom stereocenters. The molecule has 4 heteroatoms. The van der Waals surface area contributed by atoms with Gasteiger partial charge in [-0.3, -0.25) is 4.79 Å². The molecule has 1 aromatic rings. The Morgan fingerprint density at radius 1 is 1.30 bits per heavy atom. The molecule has 1 saturated carbocycles. The van der Waals surface area contributed by atoms with E-state index >= 15 is 0 Å². The molecule has 0 radical (unpaired) electrons. The van der Waals surface area contributed by atoms with Crippen molar-refractivity contribution in [2.24, 2.45) is 11.1 Å². The molecule has 1 fully saturated rings. The molecule has 2 rings (SSSR count). The Morgan fingerprint density at radius 3 is 2.45 bits per heavy atom. The summed E-state index contributed by atoms with van der Waals surface area (Å²) < 4.78 is 0. The van der Waals surface area contributed by atoms with Crippen molar-refractivity contribution in [3.63, 3.8) is 0 Å². The summed E-state index contributed by atoms with van der Waals surface area (Å²) in [6.45, 7) is 4.53. The Hall–Kier alpha value is -1.42. The van der Waals surface area contributed by atoms with Crippen LogP contribution in [0.2, 0.25) is 0 Å². The molecule has 1 unspecified atom stereocenters. The van der Waals surface area contributed by atoms with E-state index in [-0.39, 0.29) is 11.9 Å². The summed E-state index contributed by atoms with van der Waals surface area (Å²) in [4.78, 5) is 12.6. The third-order valence-electron chi connectivity index (χ3n) is 3.97. The van der Waals surface area contributed by atoms with Gasteiger partial charge in [0.1, 0.15) is 4.99 Å². The van der Waals surface area contributed by atoms with Crippen molar-refractivity contribution >= 4 is 23.1 Å². The molecule has 108 valence electrons. The predicted octanol–water partition coefficient (Wildman–Crippen LogP) is 3.02. The van der Waals surface area contributed by atoms with Crippen LogP contribution >= 0.6 is 12.2 Å². The molecule has 0 spiro atoms. The number of amides is 1. The molecule has 1 aliphatic rings. The molecule has 0 aromatic heterocycles. The summed E-state index contributed by atoms with van der Waals surface area (Å²) in [5.41, 5.74) is 7.32. The van der Waals surface area contributed by atoms with Gasteiger partial charge in [0.05, 0.1) is 0 Å². The number of nitrogens with one attached hydrogen (secondary N) is 1.